The smallest absolute Gasteiger partial charge is 0.202 e. The molecule has 6 nitrogen and oxygen atoms in total. The Morgan fingerprint density at radius 2 is 1.71 bits per heavy atom. The lowest BCUT2D eigenvalue weighted by atomic mass is 10.1. The van der Waals surface area contributed by atoms with Crippen molar-refractivity contribution in [3.8, 4) is 5.75 Å². The Balaban J connectivity index is 1.56. The number of hydrogen-bond acceptors (Lipinski definition) is 6. The van der Waals surface area contributed by atoms with E-state index in [-0.39, 0.29) is 6.17 Å². The lowest BCUT2D eigenvalue weighted by Crippen LogP contribution is -2.46. The summed E-state index contributed by atoms with van der Waals surface area (Å²) in [5, 5.41) is 5.19. The van der Waals surface area contributed by atoms with E-state index in [4.69, 9.17) is 10.5 Å². The van der Waals surface area contributed by atoms with E-state index in [2.05, 4.69) is 51.7 Å². The molecule has 0 saturated heterocycles. The van der Waals surface area contributed by atoms with Gasteiger partial charge in [-0.15, -0.1) is 0 Å². The first-order valence-corrected chi connectivity index (χ1v) is 9.14. The largest absolute Gasteiger partial charge is 0.489 e. The summed E-state index contributed by atoms with van der Waals surface area (Å²) in [5.74, 6) is 1.91. The first-order chi connectivity index (χ1) is 13.6. The number of benzene rings is 3. The third-order valence-corrected chi connectivity index (χ3v) is 4.55. The Hall–Kier alpha value is -3.54. The molecule has 3 N–H and O–H groups in total. The average molecular weight is 373 g/mol. The number of nitrogens with zero attached hydrogens (tertiary/aromatic N) is 3. The fourth-order valence-electron chi connectivity index (χ4n) is 3.07. The molecule has 0 radical (unpaired) electrons. The molecule has 28 heavy (non-hydrogen) atoms. The zero-order valence-corrected chi connectivity index (χ0v) is 16.0. The van der Waals surface area contributed by atoms with Gasteiger partial charge in [-0.25, -0.2) is 9.98 Å². The Morgan fingerprint density at radius 3 is 2.50 bits per heavy atom. The number of hydrogen-bond donors (Lipinski definition) is 2. The standard InChI is InChI=1S/C22H23N5O/c1-27(2)22-25-20(24-21(23)26-22)18-9-8-17-13-19(11-10-16(17)12-18)28-14-15-6-4-3-5-7-15/h3-13,20H,14H2,1-2H3,(H3,23,24,25,26). The zero-order valence-electron chi connectivity index (χ0n) is 16.0. The molecule has 0 spiro atoms. The molecule has 1 heterocycles. The summed E-state index contributed by atoms with van der Waals surface area (Å²) in [7, 11) is 3.83. The summed E-state index contributed by atoms with van der Waals surface area (Å²) in [6, 6.07) is 22.4. The monoisotopic (exact) mass is 373 g/mol. The summed E-state index contributed by atoms with van der Waals surface area (Å²) in [5.41, 5.74) is 8.06. The first-order valence-electron chi connectivity index (χ1n) is 9.14. The molecule has 1 aliphatic heterocycles. The molecule has 3 aromatic rings. The SMILES string of the molecule is CN(C)C1=NC(c2ccc3cc(OCc4ccccc4)ccc3c2)N=C(N)N1. The lowest BCUT2D eigenvalue weighted by molar-refractivity contribution is 0.306. The van der Waals surface area contributed by atoms with Crippen LogP contribution in [-0.2, 0) is 6.61 Å². The van der Waals surface area contributed by atoms with Crippen LogP contribution in [0.15, 0.2) is 76.7 Å². The van der Waals surface area contributed by atoms with Gasteiger partial charge in [-0.3, -0.25) is 5.32 Å². The van der Waals surface area contributed by atoms with Crippen molar-refractivity contribution in [2.24, 2.45) is 15.7 Å². The van der Waals surface area contributed by atoms with Gasteiger partial charge in [0.1, 0.15) is 12.4 Å². The van der Waals surface area contributed by atoms with Crippen LogP contribution in [0.25, 0.3) is 10.8 Å². The maximum atomic E-state index is 5.93. The molecule has 0 amide bonds. The van der Waals surface area contributed by atoms with Crippen molar-refractivity contribution in [1.82, 2.24) is 10.2 Å². The van der Waals surface area contributed by atoms with Crippen LogP contribution in [0.3, 0.4) is 0 Å². The molecular weight excluding hydrogens is 350 g/mol. The van der Waals surface area contributed by atoms with Crippen LogP contribution in [-0.4, -0.2) is 30.9 Å². The molecule has 142 valence electrons. The van der Waals surface area contributed by atoms with Crippen LogP contribution < -0.4 is 15.8 Å². The van der Waals surface area contributed by atoms with Gasteiger partial charge in [0.15, 0.2) is 12.1 Å². The van der Waals surface area contributed by atoms with Crippen LogP contribution in [0.4, 0.5) is 0 Å². The number of rotatable bonds is 4. The van der Waals surface area contributed by atoms with E-state index in [0.29, 0.717) is 18.5 Å². The molecule has 0 aromatic heterocycles. The van der Waals surface area contributed by atoms with Gasteiger partial charge in [0.05, 0.1) is 0 Å². The van der Waals surface area contributed by atoms with E-state index < -0.39 is 0 Å². The van der Waals surface area contributed by atoms with Crippen LogP contribution in [0.2, 0.25) is 0 Å². The Morgan fingerprint density at radius 1 is 0.964 bits per heavy atom. The molecule has 6 heteroatoms. The first kappa shape index (κ1) is 17.9. The van der Waals surface area contributed by atoms with Gasteiger partial charge in [-0.05, 0) is 40.1 Å². The highest BCUT2D eigenvalue weighted by molar-refractivity contribution is 5.99. The number of ether oxygens (including phenoxy) is 1. The summed E-state index contributed by atoms with van der Waals surface area (Å²) in [6.45, 7) is 0.551. The van der Waals surface area contributed by atoms with Gasteiger partial charge in [-0.2, -0.15) is 0 Å². The molecule has 1 aliphatic rings. The summed E-state index contributed by atoms with van der Waals surface area (Å²) in [4.78, 5) is 10.9. The highest BCUT2D eigenvalue weighted by atomic mass is 16.5. The van der Waals surface area contributed by atoms with E-state index in [1.165, 1.54) is 0 Å². The second-order valence-electron chi connectivity index (χ2n) is 6.90. The van der Waals surface area contributed by atoms with E-state index in [9.17, 15) is 0 Å². The number of fused-ring (bicyclic) bond motifs is 1. The number of nitrogens with one attached hydrogen (secondary N) is 1. The van der Waals surface area contributed by atoms with Crippen molar-refractivity contribution in [3.63, 3.8) is 0 Å². The maximum absolute atomic E-state index is 5.93. The number of guanidine groups is 2. The number of aliphatic imine (C=N–C) groups is 2. The van der Waals surface area contributed by atoms with Crippen molar-refractivity contribution < 1.29 is 4.74 Å². The predicted octanol–water partition coefficient (Wildman–Crippen LogP) is 3.25. The minimum Gasteiger partial charge on any atom is -0.489 e. The Kier molecular flexibility index (Phi) is 4.85. The van der Waals surface area contributed by atoms with Crippen molar-refractivity contribution in [3.05, 3.63) is 77.9 Å². The van der Waals surface area contributed by atoms with Gasteiger partial charge >= 0.3 is 0 Å². The summed E-state index contributed by atoms with van der Waals surface area (Å²) in [6.07, 6.45) is -0.350. The third kappa shape index (κ3) is 3.91. The van der Waals surface area contributed by atoms with E-state index in [1.54, 1.807) is 0 Å². The van der Waals surface area contributed by atoms with Gasteiger partial charge in [0.25, 0.3) is 0 Å². The highest BCUT2D eigenvalue weighted by Crippen LogP contribution is 2.28. The lowest BCUT2D eigenvalue weighted by Gasteiger charge is -2.23. The predicted molar refractivity (Wildman–Crippen MR) is 113 cm³/mol. The number of nitrogens with two attached hydrogens (primary N) is 1. The normalized spacial score (nSPS) is 16.1. The van der Waals surface area contributed by atoms with Gasteiger partial charge in [-0.1, -0.05) is 48.5 Å². The van der Waals surface area contributed by atoms with Crippen molar-refractivity contribution in [2.75, 3.05) is 14.1 Å². The molecule has 0 saturated carbocycles. The van der Waals surface area contributed by atoms with Crippen LogP contribution >= 0.6 is 0 Å². The van der Waals surface area contributed by atoms with Crippen LogP contribution in [0.1, 0.15) is 17.3 Å². The van der Waals surface area contributed by atoms with Crippen LogP contribution in [0.5, 0.6) is 5.75 Å². The van der Waals surface area contributed by atoms with E-state index in [1.807, 2.05) is 49.3 Å². The van der Waals surface area contributed by atoms with Gasteiger partial charge in [0, 0.05) is 14.1 Å². The van der Waals surface area contributed by atoms with E-state index in [0.717, 1.165) is 27.6 Å². The van der Waals surface area contributed by atoms with Crippen LogP contribution in [0, 0.1) is 0 Å². The molecule has 1 atom stereocenters. The summed E-state index contributed by atoms with van der Waals surface area (Å²) < 4.78 is 5.93. The van der Waals surface area contributed by atoms with Crippen molar-refractivity contribution in [1.29, 1.82) is 0 Å². The van der Waals surface area contributed by atoms with Crippen molar-refractivity contribution >= 4 is 22.7 Å². The fraction of sp³-hybridized carbons (Fsp3) is 0.182. The Bertz CT molecular complexity index is 1040. The quantitative estimate of drug-likeness (QED) is 0.736. The minimum absolute atomic E-state index is 0.350. The maximum Gasteiger partial charge on any atom is 0.202 e. The van der Waals surface area contributed by atoms with Gasteiger partial charge < -0.3 is 15.4 Å². The molecule has 1 unspecified atom stereocenters. The molecule has 3 aromatic carbocycles. The zero-order chi connectivity index (χ0) is 19.5. The highest BCUT2D eigenvalue weighted by Gasteiger charge is 2.18. The minimum atomic E-state index is -0.350. The van der Waals surface area contributed by atoms with Crippen molar-refractivity contribution in [2.45, 2.75) is 12.8 Å². The van der Waals surface area contributed by atoms with Gasteiger partial charge in [0.2, 0.25) is 5.96 Å². The topological polar surface area (TPSA) is 75.2 Å². The second kappa shape index (κ2) is 7.60. The molecular formula is C22H23N5O. The second-order valence-corrected chi connectivity index (χ2v) is 6.90. The average Bonchev–Trinajstić information content (AvgIpc) is 2.72. The molecule has 0 fully saturated rings. The summed E-state index contributed by atoms with van der Waals surface area (Å²) >= 11 is 0. The molecule has 4 rings (SSSR count). The molecule has 0 aliphatic carbocycles. The molecule has 0 bridgehead atoms. The van der Waals surface area contributed by atoms with E-state index >= 15 is 0 Å². The fourth-order valence-corrected chi connectivity index (χ4v) is 3.07. The Labute approximate surface area is 164 Å². The third-order valence-electron chi connectivity index (χ3n) is 4.55.